The Labute approximate surface area is 108 Å². The van der Waals surface area contributed by atoms with Crippen molar-refractivity contribution in [3.8, 4) is 0 Å². The maximum absolute atomic E-state index is 11.9. The number of sulfonamides is 1. The minimum atomic E-state index is -3.15. The van der Waals surface area contributed by atoms with E-state index in [1.165, 1.54) is 4.31 Å². The quantitative estimate of drug-likeness (QED) is 0.811. The van der Waals surface area contributed by atoms with Gasteiger partial charge in [-0.2, -0.15) is 5.10 Å². The molecule has 6 nitrogen and oxygen atoms in total. The van der Waals surface area contributed by atoms with E-state index in [1.54, 1.807) is 18.8 Å². The largest absolute Gasteiger partial charge is 0.316 e. The fourth-order valence-corrected chi connectivity index (χ4v) is 3.54. The first-order valence-corrected chi connectivity index (χ1v) is 7.60. The van der Waals surface area contributed by atoms with E-state index in [0.717, 1.165) is 18.7 Å². The predicted molar refractivity (Wildman–Crippen MR) is 69.8 cm³/mol. The van der Waals surface area contributed by atoms with Crippen LogP contribution in [-0.2, 0) is 17.1 Å². The van der Waals surface area contributed by atoms with Crippen LogP contribution in [0.25, 0.3) is 0 Å². The second kappa shape index (κ2) is 4.99. The fourth-order valence-electron chi connectivity index (χ4n) is 2.35. The van der Waals surface area contributed by atoms with Crippen molar-refractivity contribution in [3.05, 3.63) is 18.0 Å². The van der Waals surface area contributed by atoms with Crippen molar-refractivity contribution < 1.29 is 8.42 Å². The summed E-state index contributed by atoms with van der Waals surface area (Å²) in [5, 5.41) is 7.43. The summed E-state index contributed by atoms with van der Waals surface area (Å²) in [5.74, 6) is 0.530. The zero-order chi connectivity index (χ0) is 13.3. The van der Waals surface area contributed by atoms with Crippen LogP contribution in [0, 0.1) is 5.92 Å². The molecule has 7 heteroatoms. The fraction of sp³-hybridized carbons (Fsp3) is 0.727. The molecule has 1 N–H and O–H groups in total. The summed E-state index contributed by atoms with van der Waals surface area (Å²) in [6.45, 7) is 1.56. The molecule has 1 aromatic rings. The Balaban J connectivity index is 2.14. The molecule has 0 saturated carbocycles. The zero-order valence-electron chi connectivity index (χ0n) is 11.0. The Morgan fingerprint density at radius 2 is 2.22 bits per heavy atom. The molecule has 1 saturated heterocycles. The first-order chi connectivity index (χ1) is 8.40. The summed E-state index contributed by atoms with van der Waals surface area (Å²) >= 11 is 0. The molecule has 0 aliphatic carbocycles. The third kappa shape index (κ3) is 2.73. The number of hydrogen-bond acceptors (Lipinski definition) is 4. The Hall–Kier alpha value is -0.920. The molecule has 1 aliphatic heterocycles. The van der Waals surface area contributed by atoms with Crippen LogP contribution in [0.2, 0.25) is 0 Å². The van der Waals surface area contributed by atoms with Crippen LogP contribution in [0.1, 0.15) is 11.5 Å². The second-order valence-corrected chi connectivity index (χ2v) is 7.26. The van der Waals surface area contributed by atoms with Crippen LogP contribution in [0.3, 0.4) is 0 Å². The van der Waals surface area contributed by atoms with Gasteiger partial charge in [0.25, 0.3) is 0 Å². The van der Waals surface area contributed by atoms with Crippen molar-refractivity contribution >= 4 is 10.0 Å². The standard InChI is InChI=1S/C11H20N4O2S/c1-14(2)18(16,17)8-10-4-12-6-11(10)9-5-13-15(3)7-9/h5,7,10-12H,4,6,8H2,1-3H3. The van der Waals surface area contributed by atoms with Gasteiger partial charge >= 0.3 is 0 Å². The predicted octanol–water partition coefficient (Wildman–Crippen LogP) is -0.385. The van der Waals surface area contributed by atoms with Crippen LogP contribution in [0.15, 0.2) is 12.4 Å². The van der Waals surface area contributed by atoms with Crippen LogP contribution in [0.5, 0.6) is 0 Å². The minimum absolute atomic E-state index is 0.113. The van der Waals surface area contributed by atoms with Crippen molar-refractivity contribution in [2.45, 2.75) is 5.92 Å². The summed E-state index contributed by atoms with van der Waals surface area (Å²) < 4.78 is 26.9. The van der Waals surface area contributed by atoms with E-state index >= 15 is 0 Å². The van der Waals surface area contributed by atoms with Crippen molar-refractivity contribution in [3.63, 3.8) is 0 Å². The number of aromatic nitrogens is 2. The molecule has 0 amide bonds. The van der Waals surface area contributed by atoms with Gasteiger partial charge in [-0.25, -0.2) is 12.7 Å². The summed E-state index contributed by atoms with van der Waals surface area (Å²) in [7, 11) is 1.88. The van der Waals surface area contributed by atoms with Gasteiger partial charge in [-0.05, 0) is 18.0 Å². The maximum atomic E-state index is 11.9. The van der Waals surface area contributed by atoms with Gasteiger partial charge < -0.3 is 5.32 Å². The molecule has 1 aromatic heterocycles. The maximum Gasteiger partial charge on any atom is 0.213 e. The van der Waals surface area contributed by atoms with Gasteiger partial charge in [0.1, 0.15) is 0 Å². The van der Waals surface area contributed by atoms with E-state index in [0.29, 0.717) is 0 Å². The van der Waals surface area contributed by atoms with Gasteiger partial charge in [0.15, 0.2) is 0 Å². The highest BCUT2D eigenvalue weighted by Gasteiger charge is 2.33. The van der Waals surface area contributed by atoms with E-state index in [2.05, 4.69) is 10.4 Å². The molecule has 102 valence electrons. The number of nitrogens with zero attached hydrogens (tertiary/aromatic N) is 3. The molecule has 2 atom stereocenters. The van der Waals surface area contributed by atoms with Crippen molar-refractivity contribution in [2.75, 3.05) is 32.9 Å². The molecular formula is C11H20N4O2S. The van der Waals surface area contributed by atoms with Crippen LogP contribution >= 0.6 is 0 Å². The number of rotatable bonds is 4. The highest BCUT2D eigenvalue weighted by Crippen LogP contribution is 2.29. The van der Waals surface area contributed by atoms with Gasteiger partial charge in [-0.1, -0.05) is 0 Å². The van der Waals surface area contributed by atoms with Gasteiger partial charge in [0.2, 0.25) is 10.0 Å². The summed E-state index contributed by atoms with van der Waals surface area (Å²) in [5.41, 5.74) is 1.11. The van der Waals surface area contributed by atoms with E-state index in [-0.39, 0.29) is 17.6 Å². The van der Waals surface area contributed by atoms with Crippen LogP contribution < -0.4 is 5.32 Å². The van der Waals surface area contributed by atoms with Gasteiger partial charge in [0.05, 0.1) is 11.9 Å². The smallest absolute Gasteiger partial charge is 0.213 e. The molecular weight excluding hydrogens is 252 g/mol. The monoisotopic (exact) mass is 272 g/mol. The lowest BCUT2D eigenvalue weighted by Gasteiger charge is -2.19. The molecule has 0 aromatic carbocycles. The van der Waals surface area contributed by atoms with Crippen molar-refractivity contribution in [2.24, 2.45) is 13.0 Å². The molecule has 2 unspecified atom stereocenters. The Bertz CT molecular complexity index is 509. The Morgan fingerprint density at radius 1 is 1.50 bits per heavy atom. The minimum Gasteiger partial charge on any atom is -0.316 e. The van der Waals surface area contributed by atoms with Crippen molar-refractivity contribution in [1.82, 2.24) is 19.4 Å². The average molecular weight is 272 g/mol. The Morgan fingerprint density at radius 3 is 2.78 bits per heavy atom. The molecule has 18 heavy (non-hydrogen) atoms. The normalized spacial score (nSPS) is 24.9. The van der Waals surface area contributed by atoms with Gasteiger partial charge in [-0.3, -0.25) is 4.68 Å². The SMILES string of the molecule is CN(C)S(=O)(=O)CC1CNCC1c1cnn(C)c1. The lowest BCUT2D eigenvalue weighted by Crippen LogP contribution is -2.31. The van der Waals surface area contributed by atoms with Crippen LogP contribution in [0.4, 0.5) is 0 Å². The molecule has 0 bridgehead atoms. The second-order valence-electron chi connectivity index (χ2n) is 5.03. The van der Waals surface area contributed by atoms with Crippen LogP contribution in [-0.4, -0.2) is 55.4 Å². The first-order valence-electron chi connectivity index (χ1n) is 5.99. The third-order valence-electron chi connectivity index (χ3n) is 3.47. The number of aryl methyl sites for hydroxylation is 1. The number of nitrogens with one attached hydrogen (secondary N) is 1. The molecule has 0 spiro atoms. The van der Waals surface area contributed by atoms with Gasteiger partial charge in [0, 0.05) is 39.8 Å². The molecule has 0 radical (unpaired) electrons. The summed E-state index contributed by atoms with van der Waals surface area (Å²) in [6.07, 6.45) is 3.79. The average Bonchev–Trinajstić information content (AvgIpc) is 2.86. The molecule has 1 fully saturated rings. The highest BCUT2D eigenvalue weighted by atomic mass is 32.2. The Kier molecular flexibility index (Phi) is 3.74. The lowest BCUT2D eigenvalue weighted by molar-refractivity contribution is 0.492. The van der Waals surface area contributed by atoms with E-state index in [9.17, 15) is 8.42 Å². The third-order valence-corrected chi connectivity index (χ3v) is 5.44. The van der Waals surface area contributed by atoms with E-state index in [4.69, 9.17) is 0 Å². The highest BCUT2D eigenvalue weighted by molar-refractivity contribution is 7.89. The molecule has 2 heterocycles. The zero-order valence-corrected chi connectivity index (χ0v) is 11.8. The first kappa shape index (κ1) is 13.5. The van der Waals surface area contributed by atoms with Gasteiger partial charge in [-0.15, -0.1) is 0 Å². The number of hydrogen-bond donors (Lipinski definition) is 1. The summed E-state index contributed by atoms with van der Waals surface area (Å²) in [6, 6.07) is 0. The van der Waals surface area contributed by atoms with Crippen molar-refractivity contribution in [1.29, 1.82) is 0 Å². The topological polar surface area (TPSA) is 67.2 Å². The molecule has 1 aliphatic rings. The van der Waals surface area contributed by atoms with E-state index < -0.39 is 10.0 Å². The lowest BCUT2D eigenvalue weighted by atomic mass is 9.92. The summed E-state index contributed by atoms with van der Waals surface area (Å²) in [4.78, 5) is 0. The van der Waals surface area contributed by atoms with E-state index in [1.807, 2.05) is 19.4 Å². The molecule has 2 rings (SSSR count).